The second-order valence-corrected chi connectivity index (χ2v) is 6.39. The van der Waals surface area contributed by atoms with E-state index in [1.807, 2.05) is 42.5 Å². The molecule has 1 aromatic heterocycles. The van der Waals surface area contributed by atoms with Crippen molar-refractivity contribution in [2.45, 2.75) is 19.4 Å². The van der Waals surface area contributed by atoms with Gasteiger partial charge in [-0.1, -0.05) is 30.3 Å². The molecule has 29 heavy (non-hydrogen) atoms. The van der Waals surface area contributed by atoms with E-state index in [1.54, 1.807) is 38.3 Å². The van der Waals surface area contributed by atoms with Gasteiger partial charge in [-0.15, -0.1) is 0 Å². The van der Waals surface area contributed by atoms with E-state index in [2.05, 4.69) is 10.4 Å². The molecule has 2 aromatic carbocycles. The van der Waals surface area contributed by atoms with Crippen LogP contribution in [0.2, 0.25) is 0 Å². The van der Waals surface area contributed by atoms with Gasteiger partial charge in [-0.3, -0.25) is 4.79 Å². The number of anilines is 1. The zero-order valence-electron chi connectivity index (χ0n) is 16.8. The Balaban J connectivity index is 1.67. The maximum Gasteiger partial charge on any atom is 0.225 e. The molecule has 3 aromatic rings. The summed E-state index contributed by atoms with van der Waals surface area (Å²) in [7, 11) is 4.83. The first-order valence-electron chi connectivity index (χ1n) is 9.29. The van der Waals surface area contributed by atoms with Crippen molar-refractivity contribution in [2.75, 3.05) is 26.6 Å². The number of aryl methyl sites for hydroxylation is 1. The third-order valence-corrected chi connectivity index (χ3v) is 4.60. The summed E-state index contributed by atoms with van der Waals surface area (Å²) < 4.78 is 17.9. The van der Waals surface area contributed by atoms with E-state index in [4.69, 9.17) is 14.2 Å². The monoisotopic (exact) mass is 395 g/mol. The van der Waals surface area contributed by atoms with E-state index in [0.29, 0.717) is 36.7 Å². The molecule has 1 heterocycles. The molecule has 0 saturated heterocycles. The van der Waals surface area contributed by atoms with E-state index >= 15 is 0 Å². The molecule has 152 valence electrons. The van der Waals surface area contributed by atoms with Gasteiger partial charge in [0.2, 0.25) is 5.91 Å². The van der Waals surface area contributed by atoms with Gasteiger partial charge in [0.25, 0.3) is 0 Å². The minimum Gasteiger partial charge on any atom is -0.496 e. The third-order valence-electron chi connectivity index (χ3n) is 4.60. The molecule has 1 N–H and O–H groups in total. The second-order valence-electron chi connectivity index (χ2n) is 6.39. The van der Waals surface area contributed by atoms with E-state index in [0.717, 1.165) is 16.9 Å². The van der Waals surface area contributed by atoms with Crippen LogP contribution in [0.3, 0.4) is 0 Å². The summed E-state index contributed by atoms with van der Waals surface area (Å²) in [4.78, 5) is 12.5. The highest BCUT2D eigenvalue weighted by molar-refractivity contribution is 5.90. The van der Waals surface area contributed by atoms with Crippen molar-refractivity contribution in [1.29, 1.82) is 0 Å². The molecule has 0 bridgehead atoms. The van der Waals surface area contributed by atoms with Crippen molar-refractivity contribution >= 4 is 11.7 Å². The fourth-order valence-corrected chi connectivity index (χ4v) is 3.17. The molecule has 0 fully saturated rings. The minimum absolute atomic E-state index is 0.0877. The first-order chi connectivity index (χ1) is 14.2. The van der Waals surface area contributed by atoms with Crippen LogP contribution in [-0.2, 0) is 17.8 Å². The first kappa shape index (κ1) is 20.3. The predicted molar refractivity (Wildman–Crippen MR) is 111 cm³/mol. The Morgan fingerprint density at radius 1 is 0.931 bits per heavy atom. The summed E-state index contributed by atoms with van der Waals surface area (Å²) in [6, 6.07) is 15.1. The Morgan fingerprint density at radius 2 is 1.66 bits per heavy atom. The summed E-state index contributed by atoms with van der Waals surface area (Å²) in [6.07, 6.45) is 2.59. The molecule has 7 nitrogen and oxygen atoms in total. The van der Waals surface area contributed by atoms with Crippen molar-refractivity contribution in [3.05, 3.63) is 65.9 Å². The van der Waals surface area contributed by atoms with Gasteiger partial charge in [0.1, 0.15) is 11.6 Å². The van der Waals surface area contributed by atoms with Crippen molar-refractivity contribution in [1.82, 2.24) is 9.78 Å². The maximum absolute atomic E-state index is 12.5. The Hall–Kier alpha value is -3.48. The van der Waals surface area contributed by atoms with Crippen LogP contribution in [0.1, 0.15) is 17.5 Å². The number of para-hydroxylation sites is 2. The normalized spacial score (nSPS) is 10.4. The number of rotatable bonds is 9. The number of benzene rings is 2. The smallest absolute Gasteiger partial charge is 0.225 e. The molecular weight excluding hydrogens is 370 g/mol. The molecular formula is C22H25N3O4. The van der Waals surface area contributed by atoms with Crippen molar-refractivity contribution in [3.63, 3.8) is 0 Å². The number of nitrogens with one attached hydrogen (secondary N) is 1. The molecule has 0 atom stereocenters. The Kier molecular flexibility index (Phi) is 6.73. The number of hydrogen-bond acceptors (Lipinski definition) is 5. The first-order valence-corrected chi connectivity index (χ1v) is 9.29. The van der Waals surface area contributed by atoms with E-state index in [1.165, 1.54) is 0 Å². The van der Waals surface area contributed by atoms with Crippen LogP contribution >= 0.6 is 0 Å². The van der Waals surface area contributed by atoms with Gasteiger partial charge in [-0.2, -0.15) is 5.10 Å². The van der Waals surface area contributed by atoms with Crippen LogP contribution in [-0.4, -0.2) is 37.0 Å². The molecule has 0 aliphatic heterocycles. The van der Waals surface area contributed by atoms with Crippen LogP contribution in [0.4, 0.5) is 5.82 Å². The molecule has 0 saturated carbocycles. The van der Waals surface area contributed by atoms with Crippen LogP contribution in [0.5, 0.6) is 17.2 Å². The highest BCUT2D eigenvalue weighted by atomic mass is 16.5. The van der Waals surface area contributed by atoms with E-state index < -0.39 is 0 Å². The van der Waals surface area contributed by atoms with Gasteiger partial charge in [0, 0.05) is 18.1 Å². The summed E-state index contributed by atoms with van der Waals surface area (Å²) in [5, 5.41) is 7.26. The fraction of sp³-hybridized carbons (Fsp3) is 0.273. The number of nitrogens with zero attached hydrogens (tertiary/aromatic N) is 2. The zero-order valence-corrected chi connectivity index (χ0v) is 16.8. The summed E-state index contributed by atoms with van der Waals surface area (Å²) >= 11 is 0. The predicted octanol–water partition coefficient (Wildman–Crippen LogP) is 3.53. The number of hydrogen-bond donors (Lipinski definition) is 1. The molecule has 0 radical (unpaired) electrons. The fourth-order valence-electron chi connectivity index (χ4n) is 3.17. The summed E-state index contributed by atoms with van der Waals surface area (Å²) in [6.45, 7) is 0.440. The lowest BCUT2D eigenvalue weighted by molar-refractivity contribution is -0.116. The molecule has 0 spiro atoms. The van der Waals surface area contributed by atoms with Crippen LogP contribution in [0, 0.1) is 0 Å². The number of ether oxygens (including phenoxy) is 3. The number of aromatic nitrogens is 2. The SMILES string of the molecule is COc1ccccc1CCC(=O)Nc1ccnn1Cc1cccc(OC)c1OC. The number of amides is 1. The van der Waals surface area contributed by atoms with E-state index in [9.17, 15) is 4.79 Å². The van der Waals surface area contributed by atoms with Crippen molar-refractivity contribution < 1.29 is 19.0 Å². The molecule has 1 amide bonds. The average molecular weight is 395 g/mol. The second kappa shape index (κ2) is 9.64. The Morgan fingerprint density at radius 3 is 2.41 bits per heavy atom. The van der Waals surface area contributed by atoms with Gasteiger partial charge in [-0.05, 0) is 24.1 Å². The standard InChI is InChI=1S/C22H25N3O4/c1-27-18-9-5-4-7-16(18)11-12-21(26)24-20-13-14-23-25(20)15-17-8-6-10-19(28-2)22(17)29-3/h4-10,13-14H,11-12,15H2,1-3H3,(H,24,26). The third kappa shape index (κ3) is 4.87. The van der Waals surface area contributed by atoms with Gasteiger partial charge >= 0.3 is 0 Å². The number of carbonyl (C=O) groups excluding carboxylic acids is 1. The molecule has 7 heteroatoms. The lowest BCUT2D eigenvalue weighted by atomic mass is 10.1. The minimum atomic E-state index is -0.0877. The molecule has 0 aliphatic rings. The Bertz CT molecular complexity index is 968. The highest BCUT2D eigenvalue weighted by Gasteiger charge is 2.14. The quantitative estimate of drug-likeness (QED) is 0.600. The summed E-state index contributed by atoms with van der Waals surface area (Å²) in [5.74, 6) is 2.63. The lowest BCUT2D eigenvalue weighted by Crippen LogP contribution is -2.17. The number of carbonyl (C=O) groups is 1. The largest absolute Gasteiger partial charge is 0.496 e. The topological polar surface area (TPSA) is 74.6 Å². The molecule has 0 unspecified atom stereocenters. The highest BCUT2D eigenvalue weighted by Crippen LogP contribution is 2.31. The van der Waals surface area contributed by atoms with Gasteiger partial charge in [-0.25, -0.2) is 4.68 Å². The molecule has 0 aliphatic carbocycles. The van der Waals surface area contributed by atoms with E-state index in [-0.39, 0.29) is 5.91 Å². The van der Waals surface area contributed by atoms with Gasteiger partial charge in [0.05, 0.1) is 34.1 Å². The Labute approximate surface area is 170 Å². The van der Waals surface area contributed by atoms with Crippen molar-refractivity contribution in [2.24, 2.45) is 0 Å². The summed E-state index contributed by atoms with van der Waals surface area (Å²) in [5.41, 5.74) is 1.90. The van der Waals surface area contributed by atoms with Crippen LogP contribution in [0.25, 0.3) is 0 Å². The van der Waals surface area contributed by atoms with Gasteiger partial charge < -0.3 is 19.5 Å². The van der Waals surface area contributed by atoms with Crippen LogP contribution < -0.4 is 19.5 Å². The average Bonchev–Trinajstić information content (AvgIpc) is 3.18. The van der Waals surface area contributed by atoms with Gasteiger partial charge in [0.15, 0.2) is 11.5 Å². The molecule has 3 rings (SSSR count). The van der Waals surface area contributed by atoms with Crippen molar-refractivity contribution in [3.8, 4) is 17.2 Å². The van der Waals surface area contributed by atoms with Crippen LogP contribution in [0.15, 0.2) is 54.7 Å². The zero-order chi connectivity index (χ0) is 20.6. The number of methoxy groups -OCH3 is 3. The lowest BCUT2D eigenvalue weighted by Gasteiger charge is -2.14. The maximum atomic E-state index is 12.5.